The largest absolute Gasteiger partial charge is 0.357 e. The first-order valence-electron chi connectivity index (χ1n) is 9.92. The predicted octanol–water partition coefficient (Wildman–Crippen LogP) is 1.91. The van der Waals surface area contributed by atoms with Gasteiger partial charge in [-0.25, -0.2) is 0 Å². The molecule has 3 rings (SSSR count). The maximum absolute atomic E-state index is 12.2. The molecule has 0 bridgehead atoms. The summed E-state index contributed by atoms with van der Waals surface area (Å²) in [6, 6.07) is 6.23. The number of aromatic nitrogens is 3. The molecule has 0 saturated heterocycles. The Bertz CT molecular complexity index is 789. The van der Waals surface area contributed by atoms with Gasteiger partial charge >= 0.3 is 0 Å². The molecule has 2 aromatic rings. The zero-order chi connectivity index (χ0) is 19.1. The molecule has 0 amide bonds. The van der Waals surface area contributed by atoms with Gasteiger partial charge in [0.25, 0.3) is 0 Å². The molecule has 148 valence electrons. The van der Waals surface area contributed by atoms with Gasteiger partial charge in [-0.15, -0.1) is 10.2 Å². The molecule has 0 aromatic carbocycles. The van der Waals surface area contributed by atoms with Gasteiger partial charge in [-0.3, -0.25) is 13.6 Å². The van der Waals surface area contributed by atoms with Crippen LogP contribution >= 0.6 is 0 Å². The van der Waals surface area contributed by atoms with Crippen LogP contribution in [0.5, 0.6) is 0 Å². The second kappa shape index (κ2) is 9.82. The van der Waals surface area contributed by atoms with E-state index in [2.05, 4.69) is 27.8 Å². The van der Waals surface area contributed by atoms with Crippen LogP contribution in [-0.4, -0.2) is 54.9 Å². The predicted molar refractivity (Wildman–Crippen MR) is 111 cm³/mol. The first-order chi connectivity index (χ1) is 13.2. The number of nitrogens with one attached hydrogen (secondary N) is 2. The number of fused-ring (bicyclic) bond motifs is 1. The number of pyridine rings is 1. The van der Waals surface area contributed by atoms with Crippen molar-refractivity contribution in [1.82, 2.24) is 25.2 Å². The Morgan fingerprint density at radius 3 is 3.04 bits per heavy atom. The summed E-state index contributed by atoms with van der Waals surface area (Å²) in [7, 11) is -0.710. The Balaban J connectivity index is 1.58. The van der Waals surface area contributed by atoms with Crippen LogP contribution in [-0.2, 0) is 17.2 Å². The van der Waals surface area contributed by atoms with Crippen molar-refractivity contribution in [1.29, 1.82) is 0 Å². The van der Waals surface area contributed by atoms with E-state index >= 15 is 0 Å². The van der Waals surface area contributed by atoms with Gasteiger partial charge in [0.05, 0.1) is 0 Å². The van der Waals surface area contributed by atoms with Gasteiger partial charge < -0.3 is 10.6 Å². The number of hydrogen-bond acceptors (Lipinski definition) is 4. The zero-order valence-corrected chi connectivity index (χ0v) is 17.0. The summed E-state index contributed by atoms with van der Waals surface area (Å²) in [6.45, 7) is 5.53. The van der Waals surface area contributed by atoms with Crippen LogP contribution < -0.4 is 10.6 Å². The highest BCUT2D eigenvalue weighted by molar-refractivity contribution is 7.85. The van der Waals surface area contributed by atoms with E-state index in [1.54, 1.807) is 0 Å². The number of hydrogen-bond donors (Lipinski definition) is 2. The highest BCUT2D eigenvalue weighted by atomic mass is 32.2. The molecule has 7 nitrogen and oxygen atoms in total. The van der Waals surface area contributed by atoms with Crippen LogP contribution in [0.2, 0.25) is 0 Å². The van der Waals surface area contributed by atoms with Gasteiger partial charge in [-0.05, 0) is 38.3 Å². The monoisotopic (exact) mass is 390 g/mol. The summed E-state index contributed by atoms with van der Waals surface area (Å²) in [6.07, 6.45) is 6.98. The van der Waals surface area contributed by atoms with Crippen molar-refractivity contribution in [2.45, 2.75) is 57.2 Å². The van der Waals surface area contributed by atoms with Gasteiger partial charge in [0.2, 0.25) is 0 Å². The van der Waals surface area contributed by atoms with Crippen LogP contribution in [0.3, 0.4) is 0 Å². The smallest absolute Gasteiger partial charge is 0.191 e. The van der Waals surface area contributed by atoms with E-state index in [1.807, 2.05) is 35.7 Å². The number of guanidine groups is 1. The Hall–Kier alpha value is -1.96. The van der Waals surface area contributed by atoms with Gasteiger partial charge in [0, 0.05) is 53.6 Å². The van der Waals surface area contributed by atoms with E-state index in [0.29, 0.717) is 17.8 Å². The van der Waals surface area contributed by atoms with Crippen LogP contribution in [0.15, 0.2) is 29.4 Å². The molecule has 1 saturated carbocycles. The molecule has 0 radical (unpaired) electrons. The van der Waals surface area contributed by atoms with E-state index in [0.717, 1.165) is 61.8 Å². The quantitative estimate of drug-likeness (QED) is 0.557. The molecule has 1 aliphatic carbocycles. The average Bonchev–Trinajstić information content (AvgIpc) is 3.11. The molecule has 27 heavy (non-hydrogen) atoms. The normalized spacial score (nSPS) is 21.9. The minimum Gasteiger partial charge on any atom is -0.357 e. The molecule has 0 aliphatic heterocycles. The topological polar surface area (TPSA) is 83.7 Å². The number of nitrogens with zero attached hydrogens (tertiary/aromatic N) is 4. The molecule has 1 fully saturated rings. The van der Waals surface area contributed by atoms with Crippen LogP contribution in [0.1, 0.15) is 45.4 Å². The molecule has 0 spiro atoms. The fraction of sp³-hybridized carbons (Fsp3) is 0.632. The zero-order valence-electron chi connectivity index (χ0n) is 16.2. The first-order valence-corrected chi connectivity index (χ1v) is 11.3. The van der Waals surface area contributed by atoms with Crippen molar-refractivity contribution in [3.8, 4) is 0 Å². The van der Waals surface area contributed by atoms with Gasteiger partial charge in [-0.1, -0.05) is 19.4 Å². The standard InChI is InChI=1S/C19H30N6OS/c1-3-20-19(22-15-8-7-9-16(14-15)27(26)4-2)21-12-11-18-24-23-17-10-5-6-13-25(17)18/h5-6,10,13,15-16H,3-4,7-9,11-12,14H2,1-2H3,(H2,20,21,22). The SMILES string of the molecule is CCNC(=NCCc1nnc2ccccn12)NC1CCCC(S(=O)CC)C1. The van der Waals surface area contributed by atoms with Gasteiger partial charge in [0.15, 0.2) is 11.6 Å². The Morgan fingerprint density at radius 2 is 2.22 bits per heavy atom. The molecule has 2 heterocycles. The van der Waals surface area contributed by atoms with Crippen LogP contribution in [0.25, 0.3) is 5.65 Å². The van der Waals surface area contributed by atoms with Crippen molar-refractivity contribution < 1.29 is 4.21 Å². The average molecular weight is 391 g/mol. The summed E-state index contributed by atoms with van der Waals surface area (Å²) in [4.78, 5) is 4.72. The highest BCUT2D eigenvalue weighted by Gasteiger charge is 2.26. The first kappa shape index (κ1) is 19.8. The second-order valence-corrected chi connectivity index (χ2v) is 8.86. The minimum atomic E-state index is -0.710. The van der Waals surface area contributed by atoms with E-state index < -0.39 is 10.8 Å². The molecule has 8 heteroatoms. The molecule has 2 N–H and O–H groups in total. The lowest BCUT2D eigenvalue weighted by Crippen LogP contribution is -2.46. The van der Waals surface area contributed by atoms with Crippen molar-refractivity contribution in [2.24, 2.45) is 4.99 Å². The van der Waals surface area contributed by atoms with Crippen molar-refractivity contribution in [3.63, 3.8) is 0 Å². The van der Waals surface area contributed by atoms with Crippen molar-refractivity contribution in [2.75, 3.05) is 18.8 Å². The fourth-order valence-corrected chi connectivity index (χ4v) is 4.94. The summed E-state index contributed by atoms with van der Waals surface area (Å²) in [5.74, 6) is 2.50. The van der Waals surface area contributed by atoms with Crippen LogP contribution in [0.4, 0.5) is 0 Å². The molecule has 3 unspecified atom stereocenters. The second-order valence-electron chi connectivity index (χ2n) is 6.86. The Morgan fingerprint density at radius 1 is 1.33 bits per heavy atom. The third-order valence-electron chi connectivity index (χ3n) is 4.96. The Kier molecular flexibility index (Phi) is 7.20. The third kappa shape index (κ3) is 5.28. The summed E-state index contributed by atoms with van der Waals surface area (Å²) >= 11 is 0. The minimum absolute atomic E-state index is 0.312. The summed E-state index contributed by atoms with van der Waals surface area (Å²) < 4.78 is 14.2. The van der Waals surface area contributed by atoms with E-state index in [-0.39, 0.29) is 0 Å². The lowest BCUT2D eigenvalue weighted by atomic mass is 9.95. The van der Waals surface area contributed by atoms with Gasteiger partial charge in [0.1, 0.15) is 5.82 Å². The summed E-state index contributed by atoms with van der Waals surface area (Å²) in [5, 5.41) is 15.6. The Labute approximate surface area is 163 Å². The molecular formula is C19H30N6OS. The van der Waals surface area contributed by atoms with E-state index in [9.17, 15) is 4.21 Å². The van der Waals surface area contributed by atoms with Crippen molar-refractivity contribution >= 4 is 22.4 Å². The third-order valence-corrected chi connectivity index (χ3v) is 6.70. The summed E-state index contributed by atoms with van der Waals surface area (Å²) in [5.41, 5.74) is 0.860. The van der Waals surface area contributed by atoms with Gasteiger partial charge in [-0.2, -0.15) is 0 Å². The van der Waals surface area contributed by atoms with E-state index in [1.165, 1.54) is 0 Å². The number of aliphatic imine (C=N–C) groups is 1. The molecule has 2 aromatic heterocycles. The van der Waals surface area contributed by atoms with Crippen LogP contribution in [0, 0.1) is 0 Å². The lowest BCUT2D eigenvalue weighted by Gasteiger charge is -2.30. The molecule has 3 atom stereocenters. The maximum Gasteiger partial charge on any atom is 0.191 e. The van der Waals surface area contributed by atoms with E-state index in [4.69, 9.17) is 4.99 Å². The lowest BCUT2D eigenvalue weighted by molar-refractivity contribution is 0.413. The molecular weight excluding hydrogens is 360 g/mol. The van der Waals surface area contributed by atoms with Crippen molar-refractivity contribution in [3.05, 3.63) is 30.2 Å². The highest BCUT2D eigenvalue weighted by Crippen LogP contribution is 2.23. The molecule has 1 aliphatic rings. The fourth-order valence-electron chi connectivity index (χ4n) is 3.59. The number of rotatable bonds is 7. The maximum atomic E-state index is 12.2.